The summed E-state index contributed by atoms with van der Waals surface area (Å²) in [4.78, 5) is 0. The first kappa shape index (κ1) is 11.6. The van der Waals surface area contributed by atoms with Gasteiger partial charge in [0.05, 0.1) is 0 Å². The van der Waals surface area contributed by atoms with E-state index in [9.17, 15) is 5.11 Å². The third kappa shape index (κ3) is 2.50. The summed E-state index contributed by atoms with van der Waals surface area (Å²) < 4.78 is 0. The van der Waals surface area contributed by atoms with Crippen molar-refractivity contribution in [1.82, 2.24) is 0 Å². The van der Waals surface area contributed by atoms with Crippen LogP contribution in [-0.2, 0) is 0 Å². The molecule has 0 fully saturated rings. The first-order valence-electron chi connectivity index (χ1n) is 4.21. The van der Waals surface area contributed by atoms with E-state index in [4.69, 9.17) is 0 Å². The monoisotopic (exact) mass is 212 g/mol. The van der Waals surface area contributed by atoms with Crippen LogP contribution in [-0.4, -0.2) is 42.8 Å². The molecular weight excluding hydrogens is 200 g/mol. The van der Waals surface area contributed by atoms with Crippen molar-refractivity contribution in [2.45, 2.75) is 0 Å². The molecule has 0 unspecified atom stereocenters. The van der Waals surface area contributed by atoms with Crippen molar-refractivity contribution in [3.05, 3.63) is 54.6 Å². The number of para-hydroxylation sites is 1. The number of rotatable bonds is 1. The Morgan fingerprint density at radius 3 is 2.00 bits per heavy atom. The topological polar surface area (TPSA) is 20.2 Å². The van der Waals surface area contributed by atoms with Crippen LogP contribution in [0.2, 0.25) is 0 Å². The Morgan fingerprint density at radius 2 is 1.36 bits per heavy atom. The average molecular weight is 212 g/mol. The molecule has 0 aromatic heterocycles. The van der Waals surface area contributed by atoms with Gasteiger partial charge >= 0.3 is 37.7 Å². The summed E-state index contributed by atoms with van der Waals surface area (Å²) in [6.45, 7) is 0. The average Bonchev–Trinajstić information content (AvgIpc) is 2.20. The molecule has 0 aliphatic carbocycles. The van der Waals surface area contributed by atoms with Crippen molar-refractivity contribution in [2.24, 2.45) is 0 Å². The minimum absolute atomic E-state index is 0. The van der Waals surface area contributed by atoms with Crippen LogP contribution in [0.4, 0.5) is 0 Å². The number of aromatic hydroxyl groups is 1. The van der Waals surface area contributed by atoms with Gasteiger partial charge in [-0.25, -0.2) is 0 Å². The Bertz CT molecular complexity index is 407. The number of benzene rings is 2. The van der Waals surface area contributed by atoms with E-state index in [0.29, 0.717) is 5.75 Å². The van der Waals surface area contributed by atoms with Crippen molar-refractivity contribution >= 4 is 37.7 Å². The summed E-state index contributed by atoms with van der Waals surface area (Å²) >= 11 is 0. The Balaban J connectivity index is 0. The molecule has 2 heteroatoms. The number of hydrogen-bond acceptors (Lipinski definition) is 1. The Morgan fingerprint density at radius 1 is 0.786 bits per heavy atom. The summed E-state index contributed by atoms with van der Waals surface area (Å²) in [7, 11) is 0. The van der Waals surface area contributed by atoms with Gasteiger partial charge in [-0.1, -0.05) is 48.5 Å². The van der Waals surface area contributed by atoms with Crippen molar-refractivity contribution in [2.75, 3.05) is 0 Å². The van der Waals surface area contributed by atoms with E-state index in [-0.39, 0.29) is 40.6 Å². The molecule has 0 bridgehead atoms. The molecule has 0 aliphatic rings. The maximum Gasteiger partial charge on any atom is 2.00 e. The van der Waals surface area contributed by atoms with Crippen molar-refractivity contribution in [1.29, 1.82) is 0 Å². The molecule has 1 N–H and O–H groups in total. The standard InChI is InChI=1S/C12H10O.Ca.2H/c13-12-9-5-4-8-11(12)10-6-2-1-3-7-10;;;/h1-9,13H;;;/q;+2;2*-1. The van der Waals surface area contributed by atoms with E-state index in [0.717, 1.165) is 11.1 Å². The van der Waals surface area contributed by atoms with Crippen LogP contribution in [0.5, 0.6) is 5.75 Å². The second kappa shape index (κ2) is 5.40. The summed E-state index contributed by atoms with van der Waals surface area (Å²) in [5, 5.41) is 9.56. The Hall–Kier alpha value is -0.500. The molecule has 0 saturated carbocycles. The molecule has 2 aromatic rings. The Labute approximate surface area is 116 Å². The molecular formula is C12H12CaO. The van der Waals surface area contributed by atoms with Crippen LogP contribution in [0.1, 0.15) is 2.85 Å². The predicted molar refractivity (Wildman–Crippen MR) is 61.5 cm³/mol. The van der Waals surface area contributed by atoms with Gasteiger partial charge in [0.1, 0.15) is 5.75 Å². The summed E-state index contributed by atoms with van der Waals surface area (Å²) in [5.74, 6) is 0.328. The maximum absolute atomic E-state index is 9.56. The number of phenolic OH excluding ortho intramolecular Hbond substituents is 1. The van der Waals surface area contributed by atoms with Gasteiger partial charge < -0.3 is 7.96 Å². The smallest absolute Gasteiger partial charge is 1.00 e. The second-order valence-corrected chi connectivity index (χ2v) is 2.88. The zero-order valence-electron chi connectivity index (χ0n) is 9.85. The van der Waals surface area contributed by atoms with Crippen LogP contribution in [0.3, 0.4) is 0 Å². The summed E-state index contributed by atoms with van der Waals surface area (Å²) in [5.41, 5.74) is 1.92. The minimum Gasteiger partial charge on any atom is -1.00 e. The van der Waals surface area contributed by atoms with E-state index >= 15 is 0 Å². The summed E-state index contributed by atoms with van der Waals surface area (Å²) in [6, 6.07) is 17.2. The molecule has 1 nitrogen and oxygen atoms in total. The van der Waals surface area contributed by atoms with Crippen molar-refractivity contribution in [3.8, 4) is 16.9 Å². The molecule has 2 rings (SSSR count). The fourth-order valence-corrected chi connectivity index (χ4v) is 1.34. The minimum atomic E-state index is 0. The Kier molecular flexibility index (Phi) is 4.46. The normalized spacial score (nSPS) is 9.14. The van der Waals surface area contributed by atoms with E-state index in [1.54, 1.807) is 6.07 Å². The van der Waals surface area contributed by atoms with Gasteiger partial charge in [-0.3, -0.25) is 0 Å². The van der Waals surface area contributed by atoms with Gasteiger partial charge in [0.2, 0.25) is 0 Å². The van der Waals surface area contributed by atoms with Crippen LogP contribution in [0.25, 0.3) is 11.1 Å². The molecule has 0 saturated heterocycles. The molecule has 0 heterocycles. The zero-order valence-corrected chi connectivity index (χ0v) is 10.1. The van der Waals surface area contributed by atoms with Gasteiger partial charge in [-0.2, -0.15) is 0 Å². The largest absolute Gasteiger partial charge is 2.00 e. The summed E-state index contributed by atoms with van der Waals surface area (Å²) in [6.07, 6.45) is 0. The molecule has 0 spiro atoms. The predicted octanol–water partition coefficient (Wildman–Crippen LogP) is 2.90. The van der Waals surface area contributed by atoms with E-state index in [1.807, 2.05) is 48.5 Å². The third-order valence-corrected chi connectivity index (χ3v) is 1.99. The van der Waals surface area contributed by atoms with E-state index in [1.165, 1.54) is 0 Å². The molecule has 0 aliphatic heterocycles. The quantitative estimate of drug-likeness (QED) is 0.721. The van der Waals surface area contributed by atoms with Gasteiger partial charge in [0, 0.05) is 5.56 Å². The number of hydrogen-bond donors (Lipinski definition) is 1. The second-order valence-electron chi connectivity index (χ2n) is 2.88. The van der Waals surface area contributed by atoms with Crippen LogP contribution >= 0.6 is 0 Å². The fourth-order valence-electron chi connectivity index (χ4n) is 1.34. The van der Waals surface area contributed by atoms with E-state index < -0.39 is 0 Å². The fraction of sp³-hybridized carbons (Fsp3) is 0. The van der Waals surface area contributed by atoms with E-state index in [2.05, 4.69) is 0 Å². The first-order chi connectivity index (χ1) is 6.38. The van der Waals surface area contributed by atoms with Crippen LogP contribution in [0, 0.1) is 0 Å². The molecule has 2 aromatic carbocycles. The molecule has 68 valence electrons. The van der Waals surface area contributed by atoms with Gasteiger partial charge in [-0.05, 0) is 11.6 Å². The van der Waals surface area contributed by atoms with Gasteiger partial charge in [-0.15, -0.1) is 0 Å². The molecule has 0 amide bonds. The van der Waals surface area contributed by atoms with Crippen LogP contribution in [0.15, 0.2) is 54.6 Å². The maximum atomic E-state index is 9.56. The van der Waals surface area contributed by atoms with Gasteiger partial charge in [0.15, 0.2) is 0 Å². The molecule has 0 atom stereocenters. The van der Waals surface area contributed by atoms with Crippen molar-refractivity contribution < 1.29 is 7.96 Å². The number of phenols is 1. The SMILES string of the molecule is Oc1ccccc1-c1ccccc1.[Ca+2].[H-].[H-]. The molecule has 14 heavy (non-hydrogen) atoms. The third-order valence-electron chi connectivity index (χ3n) is 1.99. The molecule has 0 radical (unpaired) electrons. The zero-order chi connectivity index (χ0) is 9.10. The van der Waals surface area contributed by atoms with Crippen LogP contribution < -0.4 is 0 Å². The first-order valence-corrected chi connectivity index (χ1v) is 4.21. The van der Waals surface area contributed by atoms with Crippen molar-refractivity contribution in [3.63, 3.8) is 0 Å². The van der Waals surface area contributed by atoms with Gasteiger partial charge in [0.25, 0.3) is 0 Å².